The third-order valence-corrected chi connectivity index (χ3v) is 4.18. The lowest BCUT2D eigenvalue weighted by Crippen LogP contribution is -2.50. The van der Waals surface area contributed by atoms with Crippen LogP contribution in [0.2, 0.25) is 0 Å². The Morgan fingerprint density at radius 2 is 1.95 bits per heavy atom. The van der Waals surface area contributed by atoms with Crippen LogP contribution in [0.3, 0.4) is 0 Å². The number of hydrogen-bond donors (Lipinski definition) is 2. The van der Waals surface area contributed by atoms with Gasteiger partial charge in [-0.05, 0) is 23.7 Å². The van der Waals surface area contributed by atoms with Crippen molar-refractivity contribution in [1.82, 2.24) is 10.2 Å². The van der Waals surface area contributed by atoms with E-state index in [9.17, 15) is 9.59 Å². The lowest BCUT2D eigenvalue weighted by atomic mass is 9.85. The van der Waals surface area contributed by atoms with Gasteiger partial charge < -0.3 is 15.3 Å². The largest absolute Gasteiger partial charge is 0.481 e. The Morgan fingerprint density at radius 3 is 2.35 bits per heavy atom. The summed E-state index contributed by atoms with van der Waals surface area (Å²) in [6, 6.07) is -0.486. The molecule has 0 saturated carbocycles. The smallest absolute Gasteiger partial charge is 0.317 e. The zero-order valence-electron chi connectivity index (χ0n) is 13.3. The van der Waals surface area contributed by atoms with Crippen LogP contribution in [0.15, 0.2) is 0 Å². The highest BCUT2D eigenvalue weighted by Crippen LogP contribution is 2.25. The summed E-state index contributed by atoms with van der Waals surface area (Å²) in [6.07, 6.45) is 0.987. The molecule has 1 aliphatic heterocycles. The molecule has 0 aromatic heterocycles. The third-order valence-electron chi connectivity index (χ3n) is 4.18. The number of urea groups is 1. The molecule has 0 spiro atoms. The zero-order chi connectivity index (χ0) is 15.5. The molecule has 2 unspecified atom stereocenters. The number of aliphatic carboxylic acids is 1. The number of nitrogens with zero attached hydrogens (tertiary/aromatic N) is 1. The first-order valence-corrected chi connectivity index (χ1v) is 7.38. The van der Waals surface area contributed by atoms with E-state index in [0.717, 1.165) is 19.5 Å². The van der Waals surface area contributed by atoms with Gasteiger partial charge in [0.2, 0.25) is 0 Å². The molecule has 0 bridgehead atoms. The highest BCUT2D eigenvalue weighted by Gasteiger charge is 2.33. The lowest BCUT2D eigenvalue weighted by molar-refractivity contribution is -0.138. The first-order valence-electron chi connectivity index (χ1n) is 7.38. The second-order valence-electron chi connectivity index (χ2n) is 7.20. The van der Waals surface area contributed by atoms with E-state index in [-0.39, 0.29) is 23.9 Å². The molecule has 2 N–H and O–H groups in total. The van der Waals surface area contributed by atoms with Crippen LogP contribution in [0.5, 0.6) is 0 Å². The quantitative estimate of drug-likeness (QED) is 0.833. The van der Waals surface area contributed by atoms with Crippen molar-refractivity contribution in [3.63, 3.8) is 0 Å². The van der Waals surface area contributed by atoms with Crippen LogP contribution in [0.1, 0.15) is 47.5 Å². The van der Waals surface area contributed by atoms with Crippen molar-refractivity contribution in [3.8, 4) is 0 Å². The Kier molecular flexibility index (Phi) is 5.42. The van der Waals surface area contributed by atoms with Gasteiger partial charge in [0, 0.05) is 19.1 Å². The molecule has 0 aromatic carbocycles. The van der Waals surface area contributed by atoms with Crippen LogP contribution in [-0.2, 0) is 4.79 Å². The maximum Gasteiger partial charge on any atom is 0.317 e. The molecule has 0 aliphatic carbocycles. The van der Waals surface area contributed by atoms with Gasteiger partial charge in [-0.25, -0.2) is 4.79 Å². The van der Waals surface area contributed by atoms with Gasteiger partial charge in [0.1, 0.15) is 0 Å². The summed E-state index contributed by atoms with van der Waals surface area (Å²) in [7, 11) is 0. The molecule has 5 nitrogen and oxygen atoms in total. The Labute approximate surface area is 121 Å². The molecule has 1 heterocycles. The molecule has 20 heavy (non-hydrogen) atoms. The second kappa shape index (κ2) is 6.46. The topological polar surface area (TPSA) is 69.6 Å². The zero-order valence-corrected chi connectivity index (χ0v) is 13.3. The third kappa shape index (κ3) is 4.69. The minimum Gasteiger partial charge on any atom is -0.481 e. The van der Waals surface area contributed by atoms with Gasteiger partial charge in [0.25, 0.3) is 0 Å². The van der Waals surface area contributed by atoms with Crippen molar-refractivity contribution in [3.05, 3.63) is 0 Å². The Bertz CT molecular complexity index is 361. The summed E-state index contributed by atoms with van der Waals surface area (Å²) in [4.78, 5) is 25.0. The van der Waals surface area contributed by atoms with Crippen LogP contribution in [-0.4, -0.2) is 41.1 Å². The molecule has 116 valence electrons. The average Bonchev–Trinajstić information content (AvgIpc) is 2.75. The highest BCUT2D eigenvalue weighted by atomic mass is 16.4. The fraction of sp³-hybridized carbons (Fsp3) is 0.867. The number of likely N-dealkylation sites (tertiary alicyclic amines) is 1. The molecule has 1 saturated heterocycles. The van der Waals surface area contributed by atoms with E-state index in [1.54, 1.807) is 0 Å². The fourth-order valence-corrected chi connectivity index (χ4v) is 2.50. The predicted molar refractivity (Wildman–Crippen MR) is 78.5 cm³/mol. The standard InChI is InChI=1S/C15H28N2O3/c1-10(2)11-6-7-17(9-11)14(20)16-12(8-13(18)19)15(3,4)5/h10-12H,6-9H2,1-5H3,(H,16,20)(H,18,19). The Balaban J connectivity index is 2.61. The van der Waals surface area contributed by atoms with Crippen molar-refractivity contribution in [1.29, 1.82) is 0 Å². The predicted octanol–water partition coefficient (Wildman–Crippen LogP) is 2.56. The maximum absolute atomic E-state index is 12.3. The summed E-state index contributed by atoms with van der Waals surface area (Å²) < 4.78 is 0. The molecule has 5 heteroatoms. The summed E-state index contributed by atoms with van der Waals surface area (Å²) in [6.45, 7) is 11.7. The first kappa shape index (κ1) is 16.8. The summed E-state index contributed by atoms with van der Waals surface area (Å²) in [5, 5.41) is 11.9. The van der Waals surface area contributed by atoms with Gasteiger partial charge in [-0.1, -0.05) is 34.6 Å². The fourth-order valence-electron chi connectivity index (χ4n) is 2.50. The summed E-state index contributed by atoms with van der Waals surface area (Å²) in [5.74, 6) is 0.241. The van der Waals surface area contributed by atoms with E-state index in [1.165, 1.54) is 0 Å². The van der Waals surface area contributed by atoms with Gasteiger partial charge in [0.05, 0.1) is 6.42 Å². The number of hydrogen-bond acceptors (Lipinski definition) is 2. The van der Waals surface area contributed by atoms with E-state index in [2.05, 4.69) is 19.2 Å². The van der Waals surface area contributed by atoms with Crippen molar-refractivity contribution in [2.45, 2.75) is 53.5 Å². The van der Waals surface area contributed by atoms with Crippen molar-refractivity contribution in [2.75, 3.05) is 13.1 Å². The number of carboxylic acids is 1. The average molecular weight is 284 g/mol. The molecule has 1 aliphatic rings. The number of nitrogens with one attached hydrogen (secondary N) is 1. The van der Waals surface area contributed by atoms with Crippen LogP contribution in [0, 0.1) is 17.3 Å². The number of amides is 2. The van der Waals surface area contributed by atoms with E-state index in [4.69, 9.17) is 5.11 Å². The number of rotatable bonds is 4. The van der Waals surface area contributed by atoms with Crippen molar-refractivity contribution >= 4 is 12.0 Å². The minimum atomic E-state index is -0.883. The van der Waals surface area contributed by atoms with Gasteiger partial charge in [-0.15, -0.1) is 0 Å². The molecule has 0 aromatic rings. The lowest BCUT2D eigenvalue weighted by Gasteiger charge is -2.32. The molecular formula is C15H28N2O3. The molecular weight excluding hydrogens is 256 g/mol. The molecule has 1 fully saturated rings. The van der Waals surface area contributed by atoms with Crippen LogP contribution in [0.25, 0.3) is 0 Å². The summed E-state index contributed by atoms with van der Waals surface area (Å²) in [5.41, 5.74) is -0.273. The minimum absolute atomic E-state index is 0.0450. The molecule has 2 atom stereocenters. The molecule has 2 amide bonds. The molecule has 1 rings (SSSR count). The maximum atomic E-state index is 12.3. The second-order valence-corrected chi connectivity index (χ2v) is 7.20. The highest BCUT2D eigenvalue weighted by molar-refractivity contribution is 5.76. The van der Waals surface area contributed by atoms with Gasteiger partial charge in [-0.3, -0.25) is 4.79 Å². The number of carboxylic acid groups (broad SMARTS) is 1. The van der Waals surface area contributed by atoms with Gasteiger partial charge in [0.15, 0.2) is 0 Å². The summed E-state index contributed by atoms with van der Waals surface area (Å²) >= 11 is 0. The Morgan fingerprint density at radius 1 is 1.35 bits per heavy atom. The van der Waals surface area contributed by atoms with E-state index in [0.29, 0.717) is 11.8 Å². The normalized spacial score (nSPS) is 21.1. The molecule has 0 radical (unpaired) electrons. The monoisotopic (exact) mass is 284 g/mol. The van der Waals surface area contributed by atoms with Crippen molar-refractivity contribution < 1.29 is 14.7 Å². The Hall–Kier alpha value is -1.26. The van der Waals surface area contributed by atoms with Crippen molar-refractivity contribution in [2.24, 2.45) is 17.3 Å². The van der Waals surface area contributed by atoms with E-state index >= 15 is 0 Å². The van der Waals surface area contributed by atoms with Gasteiger partial charge in [-0.2, -0.15) is 0 Å². The van der Waals surface area contributed by atoms with E-state index < -0.39 is 5.97 Å². The SMILES string of the molecule is CC(C)C1CCN(C(=O)NC(CC(=O)O)C(C)(C)C)C1. The number of carbonyl (C=O) groups excluding carboxylic acids is 1. The van der Waals surface area contributed by atoms with Crippen LogP contribution >= 0.6 is 0 Å². The van der Waals surface area contributed by atoms with E-state index in [1.807, 2.05) is 25.7 Å². The van der Waals surface area contributed by atoms with Crippen LogP contribution in [0.4, 0.5) is 4.79 Å². The van der Waals surface area contributed by atoms with Gasteiger partial charge >= 0.3 is 12.0 Å². The first-order chi connectivity index (χ1) is 9.11. The van der Waals surface area contributed by atoms with Crippen LogP contribution < -0.4 is 5.32 Å². The number of carbonyl (C=O) groups is 2.